The zero-order chi connectivity index (χ0) is 15.8. The van der Waals surface area contributed by atoms with E-state index in [-0.39, 0.29) is 24.2 Å². The molecule has 1 heterocycles. The minimum Gasteiger partial charge on any atom is -0.343 e. The van der Waals surface area contributed by atoms with Gasteiger partial charge in [-0.3, -0.25) is 9.59 Å². The Morgan fingerprint density at radius 1 is 1.38 bits per heavy atom. The van der Waals surface area contributed by atoms with Crippen molar-refractivity contribution >= 4 is 11.8 Å². The highest BCUT2D eigenvalue weighted by Crippen LogP contribution is 2.28. The minimum absolute atomic E-state index is 0.136. The summed E-state index contributed by atoms with van der Waals surface area (Å²) in [6, 6.07) is 3.96. The molecule has 0 radical (unpaired) electrons. The van der Waals surface area contributed by atoms with Crippen LogP contribution in [-0.2, 0) is 16.1 Å². The van der Waals surface area contributed by atoms with Crippen LogP contribution in [0.25, 0.3) is 0 Å². The average molecular weight is 292 g/mol. The van der Waals surface area contributed by atoms with E-state index in [9.17, 15) is 14.0 Å². The van der Waals surface area contributed by atoms with E-state index in [0.717, 1.165) is 11.1 Å². The van der Waals surface area contributed by atoms with Gasteiger partial charge in [-0.15, -0.1) is 0 Å². The SMILES string of the molecule is CCC1(C)C(=O)NC(C)C(=O)N1Cc1cc(F)ccc1C. The zero-order valence-corrected chi connectivity index (χ0v) is 12.9. The molecule has 0 saturated carbocycles. The highest BCUT2D eigenvalue weighted by molar-refractivity contribution is 5.99. The first-order chi connectivity index (χ1) is 9.79. The topological polar surface area (TPSA) is 49.4 Å². The molecule has 1 aromatic carbocycles. The monoisotopic (exact) mass is 292 g/mol. The van der Waals surface area contributed by atoms with Gasteiger partial charge in [0.25, 0.3) is 0 Å². The Bertz CT molecular complexity index is 588. The van der Waals surface area contributed by atoms with Crippen LogP contribution in [0.3, 0.4) is 0 Å². The maximum atomic E-state index is 13.4. The zero-order valence-electron chi connectivity index (χ0n) is 12.9. The molecule has 2 rings (SSSR count). The number of amides is 2. The minimum atomic E-state index is -0.900. The van der Waals surface area contributed by atoms with Crippen molar-refractivity contribution < 1.29 is 14.0 Å². The number of hydrogen-bond acceptors (Lipinski definition) is 2. The number of hydrogen-bond donors (Lipinski definition) is 1. The molecule has 1 N–H and O–H groups in total. The Labute approximate surface area is 124 Å². The molecular weight excluding hydrogens is 271 g/mol. The van der Waals surface area contributed by atoms with Crippen LogP contribution in [0.15, 0.2) is 18.2 Å². The van der Waals surface area contributed by atoms with Gasteiger partial charge in [-0.25, -0.2) is 4.39 Å². The molecule has 0 aromatic heterocycles. The normalized spacial score (nSPS) is 26.0. The molecule has 1 aliphatic heterocycles. The maximum absolute atomic E-state index is 13.4. The fourth-order valence-corrected chi connectivity index (χ4v) is 2.60. The summed E-state index contributed by atoms with van der Waals surface area (Å²) >= 11 is 0. The molecule has 114 valence electrons. The Morgan fingerprint density at radius 2 is 2.05 bits per heavy atom. The molecule has 4 nitrogen and oxygen atoms in total. The lowest BCUT2D eigenvalue weighted by Gasteiger charge is -2.45. The predicted octanol–water partition coefficient (Wildman–Crippen LogP) is 2.15. The standard InChI is InChI=1S/C16H21FN2O2/c1-5-16(4)15(21)18-11(3)14(20)19(16)9-12-8-13(17)7-6-10(12)2/h6-8,11H,5,9H2,1-4H3,(H,18,21). The van der Waals surface area contributed by atoms with Crippen LogP contribution in [0.2, 0.25) is 0 Å². The molecule has 1 aliphatic rings. The van der Waals surface area contributed by atoms with Crippen molar-refractivity contribution in [3.05, 3.63) is 35.1 Å². The second-order valence-corrected chi connectivity index (χ2v) is 5.82. The van der Waals surface area contributed by atoms with E-state index < -0.39 is 11.6 Å². The molecule has 1 aromatic rings. The Morgan fingerprint density at radius 3 is 2.67 bits per heavy atom. The molecule has 21 heavy (non-hydrogen) atoms. The van der Waals surface area contributed by atoms with Gasteiger partial charge in [-0.2, -0.15) is 0 Å². The van der Waals surface area contributed by atoms with E-state index >= 15 is 0 Å². The summed E-state index contributed by atoms with van der Waals surface area (Å²) in [5.41, 5.74) is 0.730. The fraction of sp³-hybridized carbons (Fsp3) is 0.500. The average Bonchev–Trinajstić information content (AvgIpc) is 2.45. The molecule has 0 aliphatic carbocycles. The molecular formula is C16H21FN2O2. The molecule has 1 saturated heterocycles. The molecule has 0 bridgehead atoms. The molecule has 2 unspecified atom stereocenters. The molecule has 0 spiro atoms. The van der Waals surface area contributed by atoms with Gasteiger partial charge in [0.2, 0.25) is 11.8 Å². The van der Waals surface area contributed by atoms with Gasteiger partial charge in [0.15, 0.2) is 0 Å². The third kappa shape index (κ3) is 2.64. The summed E-state index contributed by atoms with van der Waals surface area (Å²) in [5, 5.41) is 2.71. The fourth-order valence-electron chi connectivity index (χ4n) is 2.60. The molecule has 2 amide bonds. The van der Waals surface area contributed by atoms with Crippen LogP contribution in [0.1, 0.15) is 38.3 Å². The Hall–Kier alpha value is -1.91. The molecule has 5 heteroatoms. The lowest BCUT2D eigenvalue weighted by Crippen LogP contribution is -2.68. The smallest absolute Gasteiger partial charge is 0.246 e. The summed E-state index contributed by atoms with van der Waals surface area (Å²) in [7, 11) is 0. The number of rotatable bonds is 3. The lowest BCUT2D eigenvalue weighted by molar-refractivity contribution is -0.157. The van der Waals surface area contributed by atoms with E-state index in [4.69, 9.17) is 0 Å². The highest BCUT2D eigenvalue weighted by Gasteiger charge is 2.46. The summed E-state index contributed by atoms with van der Waals surface area (Å²) in [6.07, 6.45) is 0.506. The number of benzene rings is 1. The number of nitrogens with one attached hydrogen (secondary N) is 1. The van der Waals surface area contributed by atoms with Crippen molar-refractivity contribution in [2.75, 3.05) is 0 Å². The van der Waals surface area contributed by atoms with Crippen LogP contribution in [-0.4, -0.2) is 28.3 Å². The summed E-state index contributed by atoms with van der Waals surface area (Å²) in [4.78, 5) is 26.3. The number of carbonyl (C=O) groups is 2. The van der Waals surface area contributed by atoms with Crippen molar-refractivity contribution in [2.45, 2.75) is 52.2 Å². The second-order valence-electron chi connectivity index (χ2n) is 5.82. The Kier molecular flexibility index (Phi) is 4.03. The van der Waals surface area contributed by atoms with Crippen molar-refractivity contribution in [1.29, 1.82) is 0 Å². The molecule has 1 fully saturated rings. The van der Waals surface area contributed by atoms with Crippen molar-refractivity contribution in [3.8, 4) is 0 Å². The first kappa shape index (κ1) is 15.5. The van der Waals surface area contributed by atoms with E-state index in [1.807, 2.05) is 13.8 Å². The summed E-state index contributed by atoms with van der Waals surface area (Å²) in [5.74, 6) is -0.635. The van der Waals surface area contributed by atoms with Crippen LogP contribution < -0.4 is 5.32 Å². The maximum Gasteiger partial charge on any atom is 0.246 e. The first-order valence-corrected chi connectivity index (χ1v) is 7.17. The van der Waals surface area contributed by atoms with Gasteiger partial charge < -0.3 is 10.2 Å². The first-order valence-electron chi connectivity index (χ1n) is 7.17. The van der Waals surface area contributed by atoms with Gasteiger partial charge in [0.05, 0.1) is 0 Å². The largest absolute Gasteiger partial charge is 0.343 e. The van der Waals surface area contributed by atoms with Crippen molar-refractivity contribution in [1.82, 2.24) is 10.2 Å². The van der Waals surface area contributed by atoms with Gasteiger partial charge in [-0.1, -0.05) is 13.0 Å². The molecule has 2 atom stereocenters. The summed E-state index contributed by atoms with van der Waals surface area (Å²) in [6.45, 7) is 7.40. The Balaban J connectivity index is 2.40. The van der Waals surface area contributed by atoms with E-state index in [0.29, 0.717) is 6.42 Å². The van der Waals surface area contributed by atoms with Gasteiger partial charge >= 0.3 is 0 Å². The van der Waals surface area contributed by atoms with Gasteiger partial charge in [-0.05, 0) is 50.5 Å². The predicted molar refractivity (Wildman–Crippen MR) is 78.0 cm³/mol. The van der Waals surface area contributed by atoms with Crippen LogP contribution in [0, 0.1) is 12.7 Å². The lowest BCUT2D eigenvalue weighted by atomic mass is 9.90. The van der Waals surface area contributed by atoms with Gasteiger partial charge in [0.1, 0.15) is 17.4 Å². The second kappa shape index (κ2) is 5.47. The highest BCUT2D eigenvalue weighted by atomic mass is 19.1. The number of aryl methyl sites for hydroxylation is 1. The number of carbonyl (C=O) groups excluding carboxylic acids is 2. The van der Waals surface area contributed by atoms with Crippen molar-refractivity contribution in [2.24, 2.45) is 0 Å². The number of nitrogens with zero attached hydrogens (tertiary/aromatic N) is 1. The van der Waals surface area contributed by atoms with Crippen LogP contribution in [0.4, 0.5) is 4.39 Å². The number of piperazine rings is 1. The quantitative estimate of drug-likeness (QED) is 0.928. The van der Waals surface area contributed by atoms with Crippen molar-refractivity contribution in [3.63, 3.8) is 0 Å². The van der Waals surface area contributed by atoms with Crippen LogP contribution >= 0.6 is 0 Å². The summed E-state index contributed by atoms with van der Waals surface area (Å²) < 4.78 is 13.4. The third-order valence-corrected chi connectivity index (χ3v) is 4.40. The van der Waals surface area contributed by atoms with E-state index in [1.165, 1.54) is 12.1 Å². The van der Waals surface area contributed by atoms with Crippen LogP contribution in [0.5, 0.6) is 0 Å². The third-order valence-electron chi connectivity index (χ3n) is 4.40. The van der Waals surface area contributed by atoms with Gasteiger partial charge in [0, 0.05) is 6.54 Å². The number of halogens is 1. The van der Waals surface area contributed by atoms with E-state index in [1.54, 1.807) is 24.8 Å². The van der Waals surface area contributed by atoms with E-state index in [2.05, 4.69) is 5.32 Å².